The zero-order valence-corrected chi connectivity index (χ0v) is 17.1. The van der Waals surface area contributed by atoms with Gasteiger partial charge in [-0.1, -0.05) is 13.8 Å². The molecule has 1 atom stereocenters. The molecule has 1 unspecified atom stereocenters. The van der Waals surface area contributed by atoms with E-state index in [1.165, 1.54) is 13.0 Å². The van der Waals surface area contributed by atoms with Gasteiger partial charge in [0.1, 0.15) is 0 Å². The van der Waals surface area contributed by atoms with Gasteiger partial charge >= 0.3 is 0 Å². The quantitative estimate of drug-likeness (QED) is 0.439. The van der Waals surface area contributed by atoms with E-state index >= 15 is 0 Å². The number of nitrogens with zero attached hydrogens (tertiary/aromatic N) is 2. The van der Waals surface area contributed by atoms with Crippen molar-refractivity contribution in [2.24, 2.45) is 4.99 Å². The van der Waals surface area contributed by atoms with E-state index in [1.54, 1.807) is 7.11 Å². The molecule has 1 rings (SSSR count). The maximum atomic E-state index is 5.78. The lowest BCUT2D eigenvalue weighted by atomic mass is 9.94. The average Bonchev–Trinajstić information content (AvgIpc) is 2.64. The van der Waals surface area contributed by atoms with E-state index in [2.05, 4.69) is 43.2 Å². The molecule has 0 saturated carbocycles. The highest BCUT2D eigenvalue weighted by molar-refractivity contribution is 5.80. The second-order valence-corrected chi connectivity index (χ2v) is 6.91. The third-order valence-electron chi connectivity index (χ3n) is 5.10. The van der Waals surface area contributed by atoms with Crippen LogP contribution in [0.15, 0.2) is 4.99 Å². The SMILES string of the molecule is CCNC(=NCC1(OC)CCOCC1)NC(C)CCCN(CC)CC. The molecule has 1 heterocycles. The molecule has 1 aliphatic heterocycles. The minimum absolute atomic E-state index is 0.174. The van der Waals surface area contributed by atoms with Gasteiger partial charge in [-0.2, -0.15) is 0 Å². The van der Waals surface area contributed by atoms with Gasteiger partial charge in [0.15, 0.2) is 5.96 Å². The molecular weight excluding hydrogens is 316 g/mol. The second kappa shape index (κ2) is 12.5. The Hall–Kier alpha value is -0.850. The number of nitrogens with one attached hydrogen (secondary N) is 2. The number of hydrogen-bond donors (Lipinski definition) is 2. The summed E-state index contributed by atoms with van der Waals surface area (Å²) in [5.74, 6) is 0.890. The third-order valence-corrected chi connectivity index (χ3v) is 5.10. The van der Waals surface area contributed by atoms with Crippen LogP contribution in [0.3, 0.4) is 0 Å². The average molecular weight is 357 g/mol. The maximum Gasteiger partial charge on any atom is 0.191 e. The van der Waals surface area contributed by atoms with Crippen molar-refractivity contribution >= 4 is 5.96 Å². The smallest absolute Gasteiger partial charge is 0.191 e. The lowest BCUT2D eigenvalue weighted by Crippen LogP contribution is -2.45. The van der Waals surface area contributed by atoms with Crippen LogP contribution in [-0.2, 0) is 9.47 Å². The van der Waals surface area contributed by atoms with Crippen LogP contribution in [0.5, 0.6) is 0 Å². The first-order valence-corrected chi connectivity index (χ1v) is 9.99. The molecule has 6 heteroatoms. The van der Waals surface area contributed by atoms with Crippen LogP contribution >= 0.6 is 0 Å². The molecule has 0 spiro atoms. The van der Waals surface area contributed by atoms with Crippen molar-refractivity contribution in [1.82, 2.24) is 15.5 Å². The number of aliphatic imine (C=N–C) groups is 1. The van der Waals surface area contributed by atoms with Crippen LogP contribution in [0, 0.1) is 0 Å². The summed E-state index contributed by atoms with van der Waals surface area (Å²) >= 11 is 0. The van der Waals surface area contributed by atoms with Crippen LogP contribution in [0.25, 0.3) is 0 Å². The summed E-state index contributed by atoms with van der Waals surface area (Å²) in [6.07, 6.45) is 4.16. The van der Waals surface area contributed by atoms with Gasteiger partial charge in [-0.15, -0.1) is 0 Å². The third kappa shape index (κ3) is 8.38. The Balaban J connectivity index is 2.48. The molecule has 0 aromatic rings. The largest absolute Gasteiger partial charge is 0.381 e. The number of rotatable bonds is 11. The summed E-state index contributed by atoms with van der Waals surface area (Å²) in [7, 11) is 1.79. The summed E-state index contributed by atoms with van der Waals surface area (Å²) in [5, 5.41) is 6.90. The minimum Gasteiger partial charge on any atom is -0.381 e. The molecule has 0 aromatic carbocycles. The van der Waals surface area contributed by atoms with Gasteiger partial charge in [0.05, 0.1) is 12.1 Å². The van der Waals surface area contributed by atoms with Crippen molar-refractivity contribution < 1.29 is 9.47 Å². The highest BCUT2D eigenvalue weighted by Crippen LogP contribution is 2.24. The zero-order valence-electron chi connectivity index (χ0n) is 17.1. The first-order valence-electron chi connectivity index (χ1n) is 9.99. The van der Waals surface area contributed by atoms with E-state index in [-0.39, 0.29) is 5.60 Å². The molecule has 0 aromatic heterocycles. The molecule has 0 bridgehead atoms. The van der Waals surface area contributed by atoms with Crippen molar-refractivity contribution in [3.63, 3.8) is 0 Å². The molecule has 0 aliphatic carbocycles. The first kappa shape index (κ1) is 22.2. The Labute approximate surface area is 154 Å². The van der Waals surface area contributed by atoms with Crippen LogP contribution in [-0.4, -0.2) is 75.5 Å². The molecule has 1 fully saturated rings. The van der Waals surface area contributed by atoms with Gasteiger partial charge in [0, 0.05) is 45.8 Å². The molecule has 1 saturated heterocycles. The fourth-order valence-corrected chi connectivity index (χ4v) is 3.18. The van der Waals surface area contributed by atoms with Crippen molar-refractivity contribution in [3.05, 3.63) is 0 Å². The van der Waals surface area contributed by atoms with Crippen LogP contribution in [0.1, 0.15) is 53.4 Å². The van der Waals surface area contributed by atoms with E-state index in [4.69, 9.17) is 14.5 Å². The van der Waals surface area contributed by atoms with Crippen LogP contribution < -0.4 is 10.6 Å². The fourth-order valence-electron chi connectivity index (χ4n) is 3.18. The van der Waals surface area contributed by atoms with Gasteiger partial charge in [-0.3, -0.25) is 4.99 Å². The Morgan fingerprint density at radius 1 is 1.24 bits per heavy atom. The van der Waals surface area contributed by atoms with Crippen molar-refractivity contribution in [2.45, 2.75) is 65.0 Å². The van der Waals surface area contributed by atoms with Crippen LogP contribution in [0.4, 0.5) is 0 Å². The molecule has 1 aliphatic rings. The molecule has 2 N–H and O–H groups in total. The van der Waals surface area contributed by atoms with Gasteiger partial charge in [0.2, 0.25) is 0 Å². The number of ether oxygens (including phenoxy) is 2. The Kier molecular flexibility index (Phi) is 11.1. The monoisotopic (exact) mass is 356 g/mol. The number of methoxy groups -OCH3 is 1. The van der Waals surface area contributed by atoms with E-state index in [1.807, 2.05) is 0 Å². The Bertz CT molecular complexity index is 366. The number of hydrogen-bond acceptors (Lipinski definition) is 4. The van der Waals surface area contributed by atoms with E-state index in [0.717, 1.165) is 58.1 Å². The summed E-state index contributed by atoms with van der Waals surface area (Å²) in [6.45, 7) is 15.3. The van der Waals surface area contributed by atoms with E-state index < -0.39 is 0 Å². The molecular formula is C19H40N4O2. The van der Waals surface area contributed by atoms with Gasteiger partial charge in [-0.05, 0) is 46.3 Å². The van der Waals surface area contributed by atoms with Crippen molar-refractivity contribution in [1.29, 1.82) is 0 Å². The standard InChI is InChI=1S/C19H40N4O2/c1-6-20-18(21-16-19(24-5)11-14-25-15-12-19)22-17(4)10-9-13-23(7-2)8-3/h17H,6-16H2,1-5H3,(H2,20,21,22). The Morgan fingerprint density at radius 2 is 1.92 bits per heavy atom. The number of guanidine groups is 1. The zero-order chi connectivity index (χ0) is 18.5. The normalized spacial score (nSPS) is 19.0. The molecule has 0 amide bonds. The van der Waals surface area contributed by atoms with Gasteiger partial charge in [0.25, 0.3) is 0 Å². The highest BCUT2D eigenvalue weighted by atomic mass is 16.5. The van der Waals surface area contributed by atoms with Crippen molar-refractivity contribution in [3.8, 4) is 0 Å². The van der Waals surface area contributed by atoms with E-state index in [9.17, 15) is 0 Å². The minimum atomic E-state index is -0.174. The topological polar surface area (TPSA) is 58.1 Å². The fraction of sp³-hybridized carbons (Fsp3) is 0.947. The molecule has 25 heavy (non-hydrogen) atoms. The highest BCUT2D eigenvalue weighted by Gasteiger charge is 2.32. The molecule has 6 nitrogen and oxygen atoms in total. The summed E-state index contributed by atoms with van der Waals surface area (Å²) in [4.78, 5) is 7.27. The van der Waals surface area contributed by atoms with Crippen LogP contribution in [0.2, 0.25) is 0 Å². The molecule has 148 valence electrons. The second-order valence-electron chi connectivity index (χ2n) is 6.91. The maximum absolute atomic E-state index is 5.78. The first-order chi connectivity index (χ1) is 12.1. The van der Waals surface area contributed by atoms with Gasteiger partial charge < -0.3 is 25.0 Å². The predicted octanol–water partition coefficient (Wildman–Crippen LogP) is 2.25. The lowest BCUT2D eigenvalue weighted by Gasteiger charge is -2.34. The summed E-state index contributed by atoms with van der Waals surface area (Å²) < 4.78 is 11.2. The summed E-state index contributed by atoms with van der Waals surface area (Å²) in [6, 6.07) is 0.404. The summed E-state index contributed by atoms with van der Waals surface area (Å²) in [5.41, 5.74) is -0.174. The lowest BCUT2D eigenvalue weighted by molar-refractivity contribution is -0.0828. The Morgan fingerprint density at radius 3 is 2.48 bits per heavy atom. The predicted molar refractivity (Wildman–Crippen MR) is 105 cm³/mol. The van der Waals surface area contributed by atoms with Crippen molar-refractivity contribution in [2.75, 3.05) is 53.0 Å². The van der Waals surface area contributed by atoms with E-state index in [0.29, 0.717) is 12.6 Å². The van der Waals surface area contributed by atoms with Gasteiger partial charge in [-0.25, -0.2) is 0 Å². The molecule has 0 radical (unpaired) electrons.